The standard InChI is InChI=1S/C23H37BrOSi/c1-25-15-2-16-26-17-13-20(14-18-26)4-3-19-5-7-21(8-6-19)22-9-11-23(24)12-10-22/h9-12,19-21,26H,2-8,13-18H2,1H3/t19-,20-,21-,26-. The van der Waals surface area contributed by atoms with Crippen LogP contribution in [-0.4, -0.2) is 22.5 Å². The number of methoxy groups -OCH3 is 1. The SMILES string of the molecule is COCCC[Si@H]1CC[C@H](CC[C@H]2CC[C@H](c3ccc(Br)cc3)CC2)CC1. The predicted molar refractivity (Wildman–Crippen MR) is 119 cm³/mol. The lowest BCUT2D eigenvalue weighted by Crippen LogP contribution is -2.22. The summed E-state index contributed by atoms with van der Waals surface area (Å²) in [5.74, 6) is 2.89. The third-order valence-electron chi connectivity index (χ3n) is 7.10. The van der Waals surface area contributed by atoms with Gasteiger partial charge in [0.15, 0.2) is 0 Å². The lowest BCUT2D eigenvalue weighted by Gasteiger charge is -2.32. The summed E-state index contributed by atoms with van der Waals surface area (Å²) in [5.41, 5.74) is 1.56. The van der Waals surface area contributed by atoms with E-state index in [-0.39, 0.29) is 8.80 Å². The Morgan fingerprint density at radius 3 is 2.15 bits per heavy atom. The molecule has 0 unspecified atom stereocenters. The van der Waals surface area contributed by atoms with E-state index in [9.17, 15) is 0 Å². The molecule has 3 heteroatoms. The van der Waals surface area contributed by atoms with Gasteiger partial charge in [0.05, 0.1) is 0 Å². The Morgan fingerprint density at radius 2 is 1.54 bits per heavy atom. The molecular formula is C23H37BrOSi. The maximum Gasteiger partial charge on any atom is 0.0459 e. The van der Waals surface area contributed by atoms with E-state index < -0.39 is 0 Å². The number of ether oxygens (including phenoxy) is 1. The second kappa shape index (κ2) is 11.0. The van der Waals surface area contributed by atoms with E-state index in [1.165, 1.54) is 55.5 Å². The van der Waals surface area contributed by atoms with Gasteiger partial charge < -0.3 is 4.74 Å². The number of hydrogen-bond donors (Lipinski definition) is 0. The molecule has 1 nitrogen and oxygen atoms in total. The van der Waals surface area contributed by atoms with Gasteiger partial charge in [0.25, 0.3) is 0 Å². The molecule has 1 aromatic rings. The third kappa shape index (κ3) is 6.49. The molecule has 0 aromatic heterocycles. The molecule has 2 fully saturated rings. The van der Waals surface area contributed by atoms with Gasteiger partial charge in [-0.25, -0.2) is 0 Å². The highest BCUT2D eigenvalue weighted by Crippen LogP contribution is 2.39. The lowest BCUT2D eigenvalue weighted by molar-refractivity contribution is 0.199. The smallest absolute Gasteiger partial charge is 0.0459 e. The van der Waals surface area contributed by atoms with E-state index in [0.29, 0.717) is 0 Å². The van der Waals surface area contributed by atoms with Gasteiger partial charge in [-0.05, 0) is 67.6 Å². The van der Waals surface area contributed by atoms with Crippen LogP contribution in [0.25, 0.3) is 0 Å². The van der Waals surface area contributed by atoms with Crippen molar-refractivity contribution in [2.75, 3.05) is 13.7 Å². The van der Waals surface area contributed by atoms with Crippen LogP contribution in [0.2, 0.25) is 18.1 Å². The van der Waals surface area contributed by atoms with Gasteiger partial charge in [-0.3, -0.25) is 0 Å². The second-order valence-corrected chi connectivity index (χ2v) is 13.2. The number of benzene rings is 1. The zero-order chi connectivity index (χ0) is 18.2. The number of rotatable bonds is 8. The zero-order valence-electron chi connectivity index (χ0n) is 16.6. The summed E-state index contributed by atoms with van der Waals surface area (Å²) < 4.78 is 6.42. The molecule has 1 aromatic carbocycles. The van der Waals surface area contributed by atoms with Crippen molar-refractivity contribution < 1.29 is 4.74 Å². The molecule has 2 aliphatic rings. The second-order valence-electron chi connectivity index (χ2n) is 8.87. The normalized spacial score (nSPS) is 29.6. The molecule has 1 heterocycles. The third-order valence-corrected chi connectivity index (χ3v) is 11.2. The van der Waals surface area contributed by atoms with Crippen LogP contribution in [0, 0.1) is 11.8 Å². The quantitative estimate of drug-likeness (QED) is 0.309. The highest BCUT2D eigenvalue weighted by molar-refractivity contribution is 9.10. The first-order chi connectivity index (χ1) is 12.7. The summed E-state index contributed by atoms with van der Waals surface area (Å²) in [4.78, 5) is 0. The molecule has 0 amide bonds. The summed E-state index contributed by atoms with van der Waals surface area (Å²) in [7, 11) is 1.45. The van der Waals surface area contributed by atoms with E-state index in [4.69, 9.17) is 4.74 Å². The Kier molecular flexibility index (Phi) is 8.73. The van der Waals surface area contributed by atoms with Gasteiger partial charge in [0.2, 0.25) is 0 Å². The van der Waals surface area contributed by atoms with Crippen LogP contribution in [0.4, 0.5) is 0 Å². The molecule has 1 aliphatic carbocycles. The van der Waals surface area contributed by atoms with Gasteiger partial charge in [-0.1, -0.05) is 71.9 Å². The minimum Gasteiger partial charge on any atom is -0.385 e. The molecule has 1 saturated carbocycles. The summed E-state index contributed by atoms with van der Waals surface area (Å²) in [6.45, 7) is 0.982. The van der Waals surface area contributed by atoms with Gasteiger partial charge in [0.1, 0.15) is 0 Å². The van der Waals surface area contributed by atoms with Crippen molar-refractivity contribution in [1.82, 2.24) is 0 Å². The molecule has 0 radical (unpaired) electrons. The fraction of sp³-hybridized carbons (Fsp3) is 0.739. The Bertz CT molecular complexity index is 501. The molecule has 26 heavy (non-hydrogen) atoms. The summed E-state index contributed by atoms with van der Waals surface area (Å²) in [6, 6.07) is 13.8. The van der Waals surface area contributed by atoms with Crippen LogP contribution in [-0.2, 0) is 4.74 Å². The zero-order valence-corrected chi connectivity index (χ0v) is 19.3. The Morgan fingerprint density at radius 1 is 0.923 bits per heavy atom. The molecule has 1 saturated heterocycles. The molecular weight excluding hydrogens is 400 g/mol. The van der Waals surface area contributed by atoms with Crippen LogP contribution in [0.15, 0.2) is 28.7 Å². The van der Waals surface area contributed by atoms with E-state index >= 15 is 0 Å². The fourth-order valence-electron chi connectivity index (χ4n) is 5.32. The molecule has 0 bridgehead atoms. The van der Waals surface area contributed by atoms with Gasteiger partial charge in [0, 0.05) is 27.0 Å². The van der Waals surface area contributed by atoms with Crippen molar-refractivity contribution in [2.45, 2.75) is 81.8 Å². The number of halogens is 1. The van der Waals surface area contributed by atoms with Crippen LogP contribution < -0.4 is 0 Å². The average Bonchev–Trinajstić information content (AvgIpc) is 2.69. The van der Waals surface area contributed by atoms with E-state index in [0.717, 1.165) is 24.4 Å². The molecule has 1 aliphatic heterocycles. The summed E-state index contributed by atoms with van der Waals surface area (Å²) in [5, 5.41) is 0. The first-order valence-electron chi connectivity index (χ1n) is 11.0. The predicted octanol–water partition coefficient (Wildman–Crippen LogP) is 7.18. The van der Waals surface area contributed by atoms with E-state index in [1.807, 2.05) is 7.11 Å². The van der Waals surface area contributed by atoms with Gasteiger partial charge in [-0.2, -0.15) is 0 Å². The molecule has 0 atom stereocenters. The van der Waals surface area contributed by atoms with Crippen LogP contribution in [0.1, 0.15) is 69.3 Å². The van der Waals surface area contributed by atoms with E-state index in [2.05, 4.69) is 40.2 Å². The maximum atomic E-state index is 5.22. The molecule has 146 valence electrons. The Hall–Kier alpha value is -0.123. The summed E-state index contributed by atoms with van der Waals surface area (Å²) >= 11 is 3.55. The van der Waals surface area contributed by atoms with Crippen molar-refractivity contribution in [3.63, 3.8) is 0 Å². The fourth-order valence-corrected chi connectivity index (χ4v) is 9.08. The van der Waals surface area contributed by atoms with Crippen molar-refractivity contribution in [1.29, 1.82) is 0 Å². The Labute approximate surface area is 171 Å². The highest BCUT2D eigenvalue weighted by Gasteiger charge is 2.25. The topological polar surface area (TPSA) is 9.23 Å². The van der Waals surface area contributed by atoms with Crippen molar-refractivity contribution in [3.8, 4) is 0 Å². The van der Waals surface area contributed by atoms with Gasteiger partial charge in [-0.15, -0.1) is 0 Å². The molecule has 0 N–H and O–H groups in total. The molecule has 0 spiro atoms. The van der Waals surface area contributed by atoms with Gasteiger partial charge >= 0.3 is 0 Å². The van der Waals surface area contributed by atoms with E-state index in [1.54, 1.807) is 30.5 Å². The maximum absolute atomic E-state index is 5.22. The largest absolute Gasteiger partial charge is 0.385 e. The first-order valence-corrected chi connectivity index (χ1v) is 14.2. The lowest BCUT2D eigenvalue weighted by atomic mass is 9.76. The molecule has 3 rings (SSSR count). The van der Waals surface area contributed by atoms with Crippen molar-refractivity contribution >= 4 is 24.7 Å². The average molecular weight is 438 g/mol. The number of hydrogen-bond acceptors (Lipinski definition) is 1. The minimum atomic E-state index is -0.386. The first kappa shape index (κ1) is 20.6. The Balaban J connectivity index is 1.30. The monoisotopic (exact) mass is 436 g/mol. The van der Waals surface area contributed by atoms with Crippen LogP contribution in [0.3, 0.4) is 0 Å². The van der Waals surface area contributed by atoms with Crippen LogP contribution >= 0.6 is 15.9 Å². The van der Waals surface area contributed by atoms with Crippen LogP contribution in [0.5, 0.6) is 0 Å². The van der Waals surface area contributed by atoms with Crippen molar-refractivity contribution in [3.05, 3.63) is 34.3 Å². The highest BCUT2D eigenvalue weighted by atomic mass is 79.9. The van der Waals surface area contributed by atoms with Crippen molar-refractivity contribution in [2.24, 2.45) is 11.8 Å². The minimum absolute atomic E-state index is 0.386. The summed E-state index contributed by atoms with van der Waals surface area (Å²) in [6.07, 6.45) is 13.2.